The van der Waals surface area contributed by atoms with Crippen molar-refractivity contribution in [2.75, 3.05) is 6.54 Å². The Hall–Kier alpha value is -0.0400. The van der Waals surface area contributed by atoms with E-state index in [2.05, 4.69) is 26.1 Å². The molecule has 0 heterocycles. The molecule has 2 fully saturated rings. The van der Waals surface area contributed by atoms with Gasteiger partial charge >= 0.3 is 0 Å². The second-order valence-electron chi connectivity index (χ2n) is 7.15. The summed E-state index contributed by atoms with van der Waals surface area (Å²) in [5.41, 5.74) is 0. The third-order valence-corrected chi connectivity index (χ3v) is 5.93. The van der Waals surface area contributed by atoms with Crippen molar-refractivity contribution in [3.05, 3.63) is 0 Å². The molecule has 0 aromatic heterocycles. The second kappa shape index (κ2) is 7.67. The molecule has 1 heteroatoms. The summed E-state index contributed by atoms with van der Waals surface area (Å²) in [6, 6.07) is 0.797. The summed E-state index contributed by atoms with van der Waals surface area (Å²) in [4.78, 5) is 0. The first-order valence-electron chi connectivity index (χ1n) is 9.01. The quantitative estimate of drug-likeness (QED) is 0.618. The molecule has 5 atom stereocenters. The zero-order chi connectivity index (χ0) is 13.7. The van der Waals surface area contributed by atoms with Crippen LogP contribution in [0.3, 0.4) is 0 Å². The molecule has 0 amide bonds. The van der Waals surface area contributed by atoms with Gasteiger partial charge in [0.25, 0.3) is 0 Å². The standard InChI is InChI=1S/C18H35N/c1-4-7-8-15(5-2)18(19-6-3)13-17-12-14-9-10-16(17)11-14/h14-19H,4-13H2,1-3H3. The first-order valence-corrected chi connectivity index (χ1v) is 9.01. The average molecular weight is 265 g/mol. The van der Waals surface area contributed by atoms with Crippen molar-refractivity contribution in [1.29, 1.82) is 0 Å². The Labute approximate surface area is 120 Å². The molecule has 5 unspecified atom stereocenters. The van der Waals surface area contributed by atoms with Gasteiger partial charge in [-0.25, -0.2) is 0 Å². The fraction of sp³-hybridized carbons (Fsp3) is 1.00. The van der Waals surface area contributed by atoms with E-state index < -0.39 is 0 Å². The van der Waals surface area contributed by atoms with Crippen LogP contribution in [0.5, 0.6) is 0 Å². The van der Waals surface area contributed by atoms with E-state index in [0.717, 1.165) is 36.3 Å². The van der Waals surface area contributed by atoms with Gasteiger partial charge in [-0.1, -0.05) is 46.5 Å². The van der Waals surface area contributed by atoms with E-state index in [-0.39, 0.29) is 0 Å². The lowest BCUT2D eigenvalue weighted by molar-refractivity contribution is 0.225. The molecule has 2 bridgehead atoms. The third kappa shape index (κ3) is 3.97. The number of hydrogen-bond donors (Lipinski definition) is 1. The Morgan fingerprint density at radius 1 is 1.11 bits per heavy atom. The lowest BCUT2D eigenvalue weighted by atomic mass is 9.79. The van der Waals surface area contributed by atoms with Gasteiger partial charge in [0.1, 0.15) is 0 Å². The first-order chi connectivity index (χ1) is 9.28. The number of hydrogen-bond acceptors (Lipinski definition) is 1. The molecule has 0 radical (unpaired) electrons. The Bertz CT molecular complexity index is 250. The van der Waals surface area contributed by atoms with Gasteiger partial charge in [0.05, 0.1) is 0 Å². The van der Waals surface area contributed by atoms with Crippen LogP contribution in [-0.4, -0.2) is 12.6 Å². The van der Waals surface area contributed by atoms with Crippen LogP contribution in [-0.2, 0) is 0 Å². The van der Waals surface area contributed by atoms with Gasteiger partial charge in [-0.2, -0.15) is 0 Å². The maximum absolute atomic E-state index is 3.83. The van der Waals surface area contributed by atoms with Crippen molar-refractivity contribution in [3.63, 3.8) is 0 Å². The summed E-state index contributed by atoms with van der Waals surface area (Å²) in [6.45, 7) is 8.14. The van der Waals surface area contributed by atoms with E-state index >= 15 is 0 Å². The maximum atomic E-state index is 3.83. The molecule has 2 aliphatic rings. The number of unbranched alkanes of at least 4 members (excludes halogenated alkanes) is 1. The van der Waals surface area contributed by atoms with Crippen LogP contribution in [0.4, 0.5) is 0 Å². The summed E-state index contributed by atoms with van der Waals surface area (Å²) in [5.74, 6) is 4.17. The van der Waals surface area contributed by atoms with Gasteiger partial charge in [-0.3, -0.25) is 0 Å². The van der Waals surface area contributed by atoms with Crippen molar-refractivity contribution >= 4 is 0 Å². The molecule has 2 saturated carbocycles. The monoisotopic (exact) mass is 265 g/mol. The van der Waals surface area contributed by atoms with Crippen LogP contribution in [0.25, 0.3) is 0 Å². The Balaban J connectivity index is 1.87. The minimum Gasteiger partial charge on any atom is -0.314 e. The molecule has 1 nitrogen and oxygen atoms in total. The van der Waals surface area contributed by atoms with Crippen molar-refractivity contribution in [1.82, 2.24) is 5.32 Å². The number of rotatable bonds is 9. The van der Waals surface area contributed by atoms with Crippen LogP contribution in [0, 0.1) is 23.7 Å². The Morgan fingerprint density at radius 3 is 2.47 bits per heavy atom. The van der Waals surface area contributed by atoms with E-state index in [1.807, 2.05) is 0 Å². The van der Waals surface area contributed by atoms with E-state index in [1.54, 1.807) is 25.7 Å². The van der Waals surface area contributed by atoms with Gasteiger partial charge in [0.2, 0.25) is 0 Å². The summed E-state index contributed by atoms with van der Waals surface area (Å²) in [5, 5.41) is 3.83. The fourth-order valence-corrected chi connectivity index (χ4v) is 4.85. The average Bonchev–Trinajstić information content (AvgIpc) is 3.02. The number of nitrogens with one attached hydrogen (secondary N) is 1. The fourth-order valence-electron chi connectivity index (χ4n) is 4.85. The van der Waals surface area contributed by atoms with Crippen LogP contribution >= 0.6 is 0 Å². The van der Waals surface area contributed by atoms with Crippen LogP contribution in [0.15, 0.2) is 0 Å². The molecule has 0 aromatic rings. The van der Waals surface area contributed by atoms with Crippen LogP contribution in [0.1, 0.15) is 78.6 Å². The molecule has 112 valence electrons. The molecular weight excluding hydrogens is 230 g/mol. The van der Waals surface area contributed by atoms with Crippen LogP contribution in [0.2, 0.25) is 0 Å². The predicted molar refractivity (Wildman–Crippen MR) is 84.3 cm³/mol. The van der Waals surface area contributed by atoms with Gasteiger partial charge in [0, 0.05) is 6.04 Å². The SMILES string of the molecule is CCCCC(CC)C(CC1CC2CCC1C2)NCC. The highest BCUT2D eigenvalue weighted by atomic mass is 14.9. The molecule has 19 heavy (non-hydrogen) atoms. The van der Waals surface area contributed by atoms with Gasteiger partial charge in [-0.15, -0.1) is 0 Å². The third-order valence-electron chi connectivity index (χ3n) is 5.93. The summed E-state index contributed by atoms with van der Waals surface area (Å²) >= 11 is 0. The van der Waals surface area contributed by atoms with E-state index in [1.165, 1.54) is 32.1 Å². The largest absolute Gasteiger partial charge is 0.314 e. The van der Waals surface area contributed by atoms with Gasteiger partial charge in [-0.05, 0) is 62.3 Å². The smallest absolute Gasteiger partial charge is 0.00978 e. The lowest BCUT2D eigenvalue weighted by Crippen LogP contribution is -2.38. The van der Waals surface area contributed by atoms with Crippen molar-refractivity contribution in [3.8, 4) is 0 Å². The Morgan fingerprint density at radius 2 is 1.95 bits per heavy atom. The number of fused-ring (bicyclic) bond motifs is 2. The van der Waals surface area contributed by atoms with E-state index in [4.69, 9.17) is 0 Å². The van der Waals surface area contributed by atoms with E-state index in [0.29, 0.717) is 0 Å². The van der Waals surface area contributed by atoms with Gasteiger partial charge in [0.15, 0.2) is 0 Å². The predicted octanol–water partition coefficient (Wildman–Crippen LogP) is 5.01. The summed E-state index contributed by atoms with van der Waals surface area (Å²) in [6.07, 6.45) is 13.2. The molecular formula is C18H35N. The molecule has 0 spiro atoms. The highest BCUT2D eigenvalue weighted by Crippen LogP contribution is 2.50. The minimum atomic E-state index is 0.797. The molecule has 0 aliphatic heterocycles. The molecule has 0 saturated heterocycles. The summed E-state index contributed by atoms with van der Waals surface area (Å²) in [7, 11) is 0. The first kappa shape index (κ1) is 15.4. The zero-order valence-corrected chi connectivity index (χ0v) is 13.5. The molecule has 0 aromatic carbocycles. The maximum Gasteiger partial charge on any atom is 0.00978 e. The highest BCUT2D eigenvalue weighted by Gasteiger charge is 2.40. The van der Waals surface area contributed by atoms with Crippen molar-refractivity contribution < 1.29 is 0 Å². The second-order valence-corrected chi connectivity index (χ2v) is 7.15. The van der Waals surface area contributed by atoms with E-state index in [9.17, 15) is 0 Å². The van der Waals surface area contributed by atoms with Crippen molar-refractivity contribution in [2.45, 2.75) is 84.6 Å². The topological polar surface area (TPSA) is 12.0 Å². The van der Waals surface area contributed by atoms with Crippen molar-refractivity contribution in [2.24, 2.45) is 23.7 Å². The minimum absolute atomic E-state index is 0.797. The van der Waals surface area contributed by atoms with Gasteiger partial charge < -0.3 is 5.32 Å². The summed E-state index contributed by atoms with van der Waals surface area (Å²) < 4.78 is 0. The Kier molecular flexibility index (Phi) is 6.19. The zero-order valence-electron chi connectivity index (χ0n) is 13.5. The normalized spacial score (nSPS) is 32.7. The van der Waals surface area contributed by atoms with Crippen LogP contribution < -0.4 is 5.32 Å². The lowest BCUT2D eigenvalue weighted by Gasteiger charge is -2.32. The molecule has 1 N–H and O–H groups in total. The molecule has 2 rings (SSSR count). The highest BCUT2D eigenvalue weighted by molar-refractivity contribution is 4.92. The molecule has 2 aliphatic carbocycles.